The first-order chi connectivity index (χ1) is 6.97. The van der Waals surface area contributed by atoms with E-state index in [0.717, 1.165) is 8.84 Å². The van der Waals surface area contributed by atoms with E-state index in [1.807, 2.05) is 0 Å². The van der Waals surface area contributed by atoms with Gasteiger partial charge in [0.1, 0.15) is 0 Å². The summed E-state index contributed by atoms with van der Waals surface area (Å²) in [7, 11) is 0. The summed E-state index contributed by atoms with van der Waals surface area (Å²) >= 11 is 16.9. The zero-order valence-electron chi connectivity index (χ0n) is 7.27. The second-order valence-electron chi connectivity index (χ2n) is 2.76. The molecule has 0 aliphatic carbocycles. The van der Waals surface area contributed by atoms with E-state index in [2.05, 4.69) is 0 Å². The van der Waals surface area contributed by atoms with E-state index >= 15 is 0 Å². The fourth-order valence-electron chi connectivity index (χ4n) is 1.07. The van der Waals surface area contributed by atoms with Crippen LogP contribution in [0.25, 0.3) is 0 Å². The van der Waals surface area contributed by atoms with Crippen molar-refractivity contribution >= 4 is 53.2 Å². The van der Waals surface area contributed by atoms with E-state index in [1.54, 1.807) is 0 Å². The lowest BCUT2D eigenvalue weighted by Crippen LogP contribution is -2.57. The van der Waals surface area contributed by atoms with Crippen LogP contribution in [0.5, 0.6) is 0 Å². The summed E-state index contributed by atoms with van der Waals surface area (Å²) in [6, 6.07) is 0. The third kappa shape index (κ3) is 2.87. The van der Waals surface area contributed by atoms with E-state index < -0.39 is 17.7 Å². The zero-order valence-corrected chi connectivity index (χ0v) is 9.54. The molecule has 1 fully saturated rings. The number of hydrogen-bond donors (Lipinski definition) is 0. The molecule has 1 aliphatic heterocycles. The van der Waals surface area contributed by atoms with Crippen molar-refractivity contribution in [3.05, 3.63) is 0 Å². The maximum atomic E-state index is 11.4. The molecule has 0 spiro atoms. The van der Waals surface area contributed by atoms with E-state index in [9.17, 15) is 14.4 Å². The Labute approximate surface area is 101 Å². The van der Waals surface area contributed by atoms with Crippen molar-refractivity contribution in [2.75, 3.05) is 13.3 Å². The quantitative estimate of drug-likeness (QED) is 0.311. The highest BCUT2D eigenvalue weighted by molar-refractivity contribution is 6.59. The van der Waals surface area contributed by atoms with Crippen LogP contribution >= 0.6 is 35.3 Å². The summed E-state index contributed by atoms with van der Waals surface area (Å²) in [5.41, 5.74) is 0. The van der Waals surface area contributed by atoms with E-state index in [4.69, 9.17) is 35.3 Å². The number of carbonyl (C=O) groups excluding carboxylic acids is 3. The standard InChI is InChI=1S/C6H6Cl3N3O3/c7-10-2-11(8)6(12(9)3-10)5(15)4(14)1-13/h1,6H,2-3H2. The Morgan fingerprint density at radius 3 is 2.00 bits per heavy atom. The zero-order chi connectivity index (χ0) is 11.6. The minimum Gasteiger partial charge on any atom is -0.294 e. The van der Waals surface area contributed by atoms with Gasteiger partial charge in [0.25, 0.3) is 5.78 Å². The summed E-state index contributed by atoms with van der Waals surface area (Å²) in [5.74, 6) is -2.17. The number of carbonyl (C=O) groups is 3. The molecule has 0 atom stereocenters. The second-order valence-corrected chi connectivity index (χ2v) is 4.11. The number of hydrogen-bond acceptors (Lipinski definition) is 6. The van der Waals surface area contributed by atoms with Gasteiger partial charge in [0.15, 0.2) is 12.5 Å². The number of Topliss-reactive ketones (excluding diaryl/α,β-unsaturated/α-hetero) is 2. The van der Waals surface area contributed by atoms with Crippen LogP contribution in [0, 0.1) is 0 Å². The van der Waals surface area contributed by atoms with Crippen molar-refractivity contribution in [3.8, 4) is 0 Å². The van der Waals surface area contributed by atoms with Crippen LogP contribution < -0.4 is 0 Å². The molecule has 0 aromatic rings. The molecule has 9 heteroatoms. The molecule has 1 heterocycles. The van der Waals surface area contributed by atoms with Crippen LogP contribution in [-0.2, 0) is 14.4 Å². The predicted octanol–water partition coefficient (Wildman–Crippen LogP) is -0.0544. The Kier molecular flexibility index (Phi) is 4.45. The van der Waals surface area contributed by atoms with Crippen molar-refractivity contribution < 1.29 is 14.4 Å². The lowest BCUT2D eigenvalue weighted by Gasteiger charge is -2.37. The van der Waals surface area contributed by atoms with Crippen molar-refractivity contribution in [2.24, 2.45) is 0 Å². The van der Waals surface area contributed by atoms with Crippen molar-refractivity contribution in [1.82, 2.24) is 13.3 Å². The molecule has 0 aromatic heterocycles. The maximum absolute atomic E-state index is 11.4. The van der Waals surface area contributed by atoms with Crippen molar-refractivity contribution in [2.45, 2.75) is 6.17 Å². The van der Waals surface area contributed by atoms with Gasteiger partial charge in [0.05, 0.1) is 13.3 Å². The Bertz CT molecular complexity index is 289. The molecule has 84 valence electrons. The average Bonchev–Trinajstić information content (AvgIpc) is 2.14. The minimum atomic E-state index is -1.18. The van der Waals surface area contributed by atoms with Crippen LogP contribution in [-0.4, -0.2) is 50.6 Å². The fraction of sp³-hybridized carbons (Fsp3) is 0.500. The van der Waals surface area contributed by atoms with Gasteiger partial charge >= 0.3 is 0 Å². The molecule has 1 rings (SSSR count). The molecule has 15 heavy (non-hydrogen) atoms. The van der Waals surface area contributed by atoms with Crippen molar-refractivity contribution in [3.63, 3.8) is 0 Å². The van der Waals surface area contributed by atoms with Gasteiger partial charge in [-0.2, -0.15) is 13.3 Å². The topological polar surface area (TPSA) is 60.9 Å². The molecule has 0 saturated carbocycles. The minimum absolute atomic E-state index is 0.0366. The summed E-state index contributed by atoms with van der Waals surface area (Å²) in [4.78, 5) is 32.3. The van der Waals surface area contributed by atoms with Gasteiger partial charge < -0.3 is 0 Å². The molecule has 0 radical (unpaired) electrons. The van der Waals surface area contributed by atoms with Gasteiger partial charge in [-0.15, -0.1) is 0 Å². The molecular weight excluding hydrogens is 268 g/mol. The van der Waals surface area contributed by atoms with Gasteiger partial charge in [0.2, 0.25) is 5.78 Å². The van der Waals surface area contributed by atoms with Crippen molar-refractivity contribution in [1.29, 1.82) is 0 Å². The van der Waals surface area contributed by atoms with Crippen LogP contribution in [0.15, 0.2) is 0 Å². The Morgan fingerprint density at radius 2 is 1.60 bits per heavy atom. The molecule has 0 amide bonds. The fourth-order valence-corrected chi connectivity index (χ4v) is 2.10. The molecule has 0 bridgehead atoms. The SMILES string of the molecule is O=CC(=O)C(=O)C1N(Cl)CN(Cl)CN1Cl. The molecule has 6 nitrogen and oxygen atoms in total. The van der Waals surface area contributed by atoms with Crippen LogP contribution in [0.1, 0.15) is 0 Å². The monoisotopic (exact) mass is 273 g/mol. The summed E-state index contributed by atoms with van der Waals surface area (Å²) in [5, 5.41) is 0. The van der Waals surface area contributed by atoms with E-state index in [0.29, 0.717) is 0 Å². The van der Waals surface area contributed by atoms with Crippen LogP contribution in [0.2, 0.25) is 0 Å². The Morgan fingerprint density at radius 1 is 1.13 bits per heavy atom. The highest BCUT2D eigenvalue weighted by Crippen LogP contribution is 2.21. The summed E-state index contributed by atoms with van der Waals surface area (Å²) < 4.78 is 3.08. The van der Waals surface area contributed by atoms with E-state index in [1.165, 1.54) is 4.42 Å². The first-order valence-electron chi connectivity index (χ1n) is 3.76. The maximum Gasteiger partial charge on any atom is 0.264 e. The van der Waals surface area contributed by atoms with Crippen LogP contribution in [0.4, 0.5) is 0 Å². The normalized spacial score (nSPS) is 21.5. The summed E-state index contributed by atoms with van der Waals surface area (Å²) in [6.45, 7) is 0.0732. The van der Waals surface area contributed by atoms with E-state index in [-0.39, 0.29) is 19.6 Å². The second kappa shape index (κ2) is 5.20. The Balaban J connectivity index is 2.79. The Hall–Kier alpha value is -0.240. The molecule has 0 aromatic carbocycles. The molecular formula is C6H6Cl3N3O3. The van der Waals surface area contributed by atoms with Gasteiger partial charge in [-0.1, -0.05) is 0 Å². The number of ketones is 2. The summed E-state index contributed by atoms with van der Waals surface area (Å²) in [6.07, 6.45) is -1.26. The van der Waals surface area contributed by atoms with Gasteiger partial charge in [-0.3, -0.25) is 14.4 Å². The molecule has 0 unspecified atom stereocenters. The van der Waals surface area contributed by atoms with Crippen LogP contribution in [0.3, 0.4) is 0 Å². The highest BCUT2D eigenvalue weighted by Gasteiger charge is 2.39. The molecule has 1 aliphatic rings. The first kappa shape index (κ1) is 12.8. The largest absolute Gasteiger partial charge is 0.294 e. The third-order valence-corrected chi connectivity index (χ3v) is 2.49. The predicted molar refractivity (Wildman–Crippen MR) is 52.7 cm³/mol. The average molecular weight is 274 g/mol. The number of aldehydes is 1. The molecule has 1 saturated heterocycles. The van der Waals surface area contributed by atoms with Gasteiger partial charge in [-0.25, -0.2) is 0 Å². The smallest absolute Gasteiger partial charge is 0.264 e. The van der Waals surface area contributed by atoms with Gasteiger partial charge in [0, 0.05) is 0 Å². The molecule has 0 N–H and O–H groups in total. The number of halogens is 3. The highest BCUT2D eigenvalue weighted by atomic mass is 35.5. The number of nitrogens with zero attached hydrogens (tertiary/aromatic N) is 3. The lowest BCUT2D eigenvalue weighted by atomic mass is 10.2. The van der Waals surface area contributed by atoms with Gasteiger partial charge in [-0.05, 0) is 35.3 Å². The number of rotatable bonds is 3. The third-order valence-electron chi connectivity index (χ3n) is 1.69. The lowest BCUT2D eigenvalue weighted by molar-refractivity contribution is -0.145. The first-order valence-corrected chi connectivity index (χ1v) is 4.77.